The molecule has 11 heteroatoms. The van der Waals surface area contributed by atoms with Gasteiger partial charge in [0, 0.05) is 42.0 Å². The number of carbonyl (C=O) groups excluding carboxylic acids is 1. The molecule has 162 valence electrons. The fraction of sp³-hybridized carbons (Fsp3) is 0.316. The third-order valence-corrected chi connectivity index (χ3v) is 5.07. The number of rotatable bonds is 2. The number of anilines is 2. The van der Waals surface area contributed by atoms with Crippen LogP contribution in [0.25, 0.3) is 0 Å². The molecule has 0 aliphatic carbocycles. The van der Waals surface area contributed by atoms with Crippen molar-refractivity contribution >= 4 is 33.3 Å². The van der Waals surface area contributed by atoms with Gasteiger partial charge in [0.2, 0.25) is 0 Å². The molecule has 2 amide bonds. The van der Waals surface area contributed by atoms with E-state index in [1.807, 2.05) is 0 Å². The Hall–Kier alpha value is -2.43. The predicted molar refractivity (Wildman–Crippen MR) is 103 cm³/mol. The average molecular weight is 496 g/mol. The summed E-state index contributed by atoms with van der Waals surface area (Å²) in [6, 6.07) is 8.04. The van der Waals surface area contributed by atoms with Gasteiger partial charge in [-0.15, -0.1) is 0 Å². The van der Waals surface area contributed by atoms with Crippen molar-refractivity contribution in [2.75, 3.05) is 36.4 Å². The molecule has 0 bridgehead atoms. The zero-order valence-corrected chi connectivity index (χ0v) is 16.9. The highest BCUT2D eigenvalue weighted by Gasteiger charge is 2.37. The maximum Gasteiger partial charge on any atom is 0.416 e. The van der Waals surface area contributed by atoms with Crippen LogP contribution in [0.15, 0.2) is 46.9 Å². The second kappa shape index (κ2) is 8.37. The molecular weight excluding hydrogens is 480 g/mol. The fourth-order valence-corrected chi connectivity index (χ4v) is 3.46. The molecule has 1 saturated heterocycles. The van der Waals surface area contributed by atoms with Gasteiger partial charge in [-0.05, 0) is 36.4 Å². The summed E-state index contributed by atoms with van der Waals surface area (Å²) in [4.78, 5) is 15.2. The lowest BCUT2D eigenvalue weighted by atomic mass is 10.1. The molecule has 4 nitrogen and oxygen atoms in total. The van der Waals surface area contributed by atoms with E-state index in [-0.39, 0.29) is 37.9 Å². The van der Waals surface area contributed by atoms with Gasteiger partial charge in [0.15, 0.2) is 0 Å². The van der Waals surface area contributed by atoms with E-state index in [0.717, 1.165) is 4.47 Å². The summed E-state index contributed by atoms with van der Waals surface area (Å²) < 4.78 is 79.1. The molecule has 1 N–H and O–H groups in total. The van der Waals surface area contributed by atoms with Crippen molar-refractivity contribution in [2.24, 2.45) is 0 Å². The zero-order valence-electron chi connectivity index (χ0n) is 15.3. The Morgan fingerprint density at radius 3 is 1.93 bits per heavy atom. The van der Waals surface area contributed by atoms with Crippen LogP contribution in [0.1, 0.15) is 11.1 Å². The molecule has 0 aromatic heterocycles. The minimum absolute atomic E-state index is 0.102. The van der Waals surface area contributed by atoms with E-state index in [1.54, 1.807) is 24.3 Å². The molecule has 1 aliphatic heterocycles. The minimum Gasteiger partial charge on any atom is -0.368 e. The van der Waals surface area contributed by atoms with E-state index in [9.17, 15) is 31.1 Å². The van der Waals surface area contributed by atoms with E-state index in [4.69, 9.17) is 0 Å². The third-order valence-electron chi connectivity index (χ3n) is 4.58. The number of hydrogen-bond donors (Lipinski definition) is 1. The molecule has 0 spiro atoms. The Bertz CT molecular complexity index is 891. The number of nitrogens with zero attached hydrogens (tertiary/aromatic N) is 2. The summed E-state index contributed by atoms with van der Waals surface area (Å²) in [5.74, 6) is 0. The van der Waals surface area contributed by atoms with Gasteiger partial charge in [-0.1, -0.05) is 22.0 Å². The maximum atomic E-state index is 13.1. The molecule has 2 aromatic rings. The monoisotopic (exact) mass is 495 g/mol. The molecule has 0 atom stereocenters. The van der Waals surface area contributed by atoms with Crippen molar-refractivity contribution in [3.63, 3.8) is 0 Å². The van der Waals surface area contributed by atoms with Crippen molar-refractivity contribution in [3.05, 3.63) is 58.1 Å². The normalized spacial score (nSPS) is 15.3. The lowest BCUT2D eigenvalue weighted by molar-refractivity contribution is -0.143. The second-order valence-electron chi connectivity index (χ2n) is 6.68. The summed E-state index contributed by atoms with van der Waals surface area (Å²) in [6.07, 6.45) is -9.80. The molecule has 0 saturated carbocycles. The Balaban J connectivity index is 1.72. The van der Waals surface area contributed by atoms with Gasteiger partial charge in [0.05, 0.1) is 11.1 Å². The first-order valence-corrected chi connectivity index (χ1v) is 9.59. The van der Waals surface area contributed by atoms with Crippen LogP contribution >= 0.6 is 15.9 Å². The van der Waals surface area contributed by atoms with Crippen LogP contribution in [0.4, 0.5) is 42.5 Å². The summed E-state index contributed by atoms with van der Waals surface area (Å²) in [7, 11) is 0. The van der Waals surface area contributed by atoms with E-state index in [1.165, 1.54) is 9.80 Å². The van der Waals surface area contributed by atoms with Crippen molar-refractivity contribution in [3.8, 4) is 0 Å². The molecule has 30 heavy (non-hydrogen) atoms. The van der Waals surface area contributed by atoms with Gasteiger partial charge in [-0.3, -0.25) is 0 Å². The second-order valence-corrected chi connectivity index (χ2v) is 7.59. The highest BCUT2D eigenvalue weighted by molar-refractivity contribution is 9.10. The molecule has 1 heterocycles. The lowest BCUT2D eigenvalue weighted by Gasteiger charge is -2.36. The van der Waals surface area contributed by atoms with E-state index < -0.39 is 29.5 Å². The van der Waals surface area contributed by atoms with Crippen LogP contribution in [-0.4, -0.2) is 37.1 Å². The Labute approximate surface area is 176 Å². The first-order valence-electron chi connectivity index (χ1n) is 8.79. The van der Waals surface area contributed by atoms with Crippen molar-refractivity contribution < 1.29 is 31.1 Å². The van der Waals surface area contributed by atoms with Crippen LogP contribution in [0.3, 0.4) is 0 Å². The largest absolute Gasteiger partial charge is 0.416 e. The lowest BCUT2D eigenvalue weighted by Crippen LogP contribution is -2.50. The number of alkyl halides is 6. The van der Waals surface area contributed by atoms with Crippen LogP contribution in [0.5, 0.6) is 0 Å². The van der Waals surface area contributed by atoms with E-state index in [2.05, 4.69) is 21.2 Å². The summed E-state index contributed by atoms with van der Waals surface area (Å²) in [5, 5.41) is 2.71. The smallest absolute Gasteiger partial charge is 0.368 e. The molecule has 1 fully saturated rings. The number of piperazine rings is 1. The first kappa shape index (κ1) is 22.3. The van der Waals surface area contributed by atoms with Crippen molar-refractivity contribution in [2.45, 2.75) is 12.4 Å². The topological polar surface area (TPSA) is 35.6 Å². The number of hydrogen-bond acceptors (Lipinski definition) is 2. The van der Waals surface area contributed by atoms with E-state index in [0.29, 0.717) is 17.8 Å². The van der Waals surface area contributed by atoms with Gasteiger partial charge in [-0.25, -0.2) is 4.79 Å². The number of benzene rings is 2. The predicted octanol–water partition coefficient (Wildman–Crippen LogP) is 5.84. The summed E-state index contributed by atoms with van der Waals surface area (Å²) in [6.45, 7) is 0.504. The molecule has 0 radical (unpaired) electrons. The zero-order chi connectivity index (χ0) is 22.1. The molecule has 0 unspecified atom stereocenters. The summed E-state index contributed by atoms with van der Waals surface area (Å²) in [5.41, 5.74) is -2.34. The van der Waals surface area contributed by atoms with E-state index >= 15 is 0 Å². The Morgan fingerprint density at radius 2 is 1.43 bits per heavy atom. The van der Waals surface area contributed by atoms with Crippen molar-refractivity contribution in [1.29, 1.82) is 0 Å². The van der Waals surface area contributed by atoms with Crippen LogP contribution in [0.2, 0.25) is 0 Å². The highest BCUT2D eigenvalue weighted by Crippen LogP contribution is 2.38. The van der Waals surface area contributed by atoms with Gasteiger partial charge >= 0.3 is 18.4 Å². The number of halogens is 7. The standard InChI is InChI=1S/C19H16BrF6N3O/c20-14-2-1-3-15(11-14)27-17(30)29-6-4-28(5-7-29)16-9-12(18(21,22)23)8-13(10-16)19(24,25)26/h1-3,8-11H,4-7H2,(H,27,30). The van der Waals surface area contributed by atoms with Gasteiger partial charge in [-0.2, -0.15) is 26.3 Å². The van der Waals surface area contributed by atoms with Crippen molar-refractivity contribution in [1.82, 2.24) is 4.90 Å². The molecule has 1 aliphatic rings. The number of carbonyl (C=O) groups is 1. The quantitative estimate of drug-likeness (QED) is 0.531. The number of urea groups is 1. The third kappa shape index (κ3) is 5.38. The minimum atomic E-state index is -4.90. The van der Waals surface area contributed by atoms with Gasteiger partial charge < -0.3 is 15.1 Å². The van der Waals surface area contributed by atoms with Crippen LogP contribution < -0.4 is 10.2 Å². The molecule has 3 rings (SSSR count). The number of nitrogens with one attached hydrogen (secondary N) is 1. The number of amides is 2. The molecular formula is C19H16BrF6N3O. The van der Waals surface area contributed by atoms with Crippen LogP contribution in [-0.2, 0) is 12.4 Å². The maximum absolute atomic E-state index is 13.1. The Kier molecular flexibility index (Phi) is 6.21. The fourth-order valence-electron chi connectivity index (χ4n) is 3.06. The molecule has 2 aromatic carbocycles. The highest BCUT2D eigenvalue weighted by atomic mass is 79.9. The first-order chi connectivity index (χ1) is 13.9. The Morgan fingerprint density at radius 1 is 0.867 bits per heavy atom. The average Bonchev–Trinajstić information content (AvgIpc) is 2.66. The SMILES string of the molecule is O=C(Nc1cccc(Br)c1)N1CCN(c2cc(C(F)(F)F)cc(C(F)(F)F)c2)CC1. The van der Waals surface area contributed by atoms with Gasteiger partial charge in [0.1, 0.15) is 0 Å². The van der Waals surface area contributed by atoms with Crippen LogP contribution in [0, 0.1) is 0 Å². The summed E-state index contributed by atoms with van der Waals surface area (Å²) >= 11 is 3.29. The van der Waals surface area contributed by atoms with Gasteiger partial charge in [0.25, 0.3) is 0 Å².